The fourth-order valence-electron chi connectivity index (χ4n) is 5.25. The number of hydrogen-bond acceptors (Lipinski definition) is 7. The zero-order valence-electron chi connectivity index (χ0n) is 28.4. The van der Waals surface area contributed by atoms with E-state index in [4.69, 9.17) is 24.4 Å². The maximum absolute atomic E-state index is 13.5. The van der Waals surface area contributed by atoms with Gasteiger partial charge in [0.1, 0.15) is 17.6 Å². The third-order valence-electron chi connectivity index (χ3n) is 8.39. The number of nitrogens with one attached hydrogen (secondary N) is 2. The van der Waals surface area contributed by atoms with Crippen LogP contribution in [0.3, 0.4) is 0 Å². The molecule has 4 N–H and O–H groups in total. The summed E-state index contributed by atoms with van der Waals surface area (Å²) in [4.78, 5) is 26.6. The number of rotatable bonds is 21. The average molecular weight is 654 g/mol. The number of halogens is 1. The van der Waals surface area contributed by atoms with Gasteiger partial charge < -0.3 is 35.0 Å². The summed E-state index contributed by atoms with van der Waals surface area (Å²) in [5.41, 5.74) is 10.0. The second kappa shape index (κ2) is 19.8. The molecule has 0 aliphatic heterocycles. The Kier molecular flexibility index (Phi) is 15.9. The highest BCUT2D eigenvalue weighted by molar-refractivity contribution is 5.88. The summed E-state index contributed by atoms with van der Waals surface area (Å²) in [5, 5.41) is 5.91. The molecule has 2 unspecified atom stereocenters. The fraction of sp³-hybridized carbons (Fsp3) is 0.514. The van der Waals surface area contributed by atoms with Gasteiger partial charge in [0.05, 0.1) is 32.3 Å². The van der Waals surface area contributed by atoms with Gasteiger partial charge in [-0.05, 0) is 60.1 Å². The summed E-state index contributed by atoms with van der Waals surface area (Å²) in [6.07, 6.45) is 5.97. The minimum Gasteiger partial charge on any atom is -0.493 e. The molecule has 258 valence electrons. The molecule has 0 bridgehead atoms. The maximum Gasteiger partial charge on any atom is 0.243 e. The van der Waals surface area contributed by atoms with Crippen molar-refractivity contribution >= 4 is 11.8 Å². The van der Waals surface area contributed by atoms with Crippen LogP contribution in [0, 0.1) is 23.6 Å². The first-order valence-electron chi connectivity index (χ1n) is 16.6. The van der Waals surface area contributed by atoms with E-state index in [0.717, 1.165) is 40.8 Å². The highest BCUT2D eigenvalue weighted by Gasteiger charge is 2.30. The summed E-state index contributed by atoms with van der Waals surface area (Å²) in [7, 11) is 1.67. The average Bonchev–Trinajstić information content (AvgIpc) is 3.60. The lowest BCUT2D eigenvalue weighted by Crippen LogP contribution is -2.52. The minimum absolute atomic E-state index is 0.0547. The van der Waals surface area contributed by atoms with E-state index in [2.05, 4.69) is 10.6 Å². The molecule has 47 heavy (non-hydrogen) atoms. The molecule has 0 saturated heterocycles. The molecule has 2 aromatic carbocycles. The lowest BCUT2D eigenvalue weighted by Gasteiger charge is -2.28. The molecular formula is C37H52FN3O6. The minimum atomic E-state index is -0.681. The smallest absolute Gasteiger partial charge is 0.243 e. The van der Waals surface area contributed by atoms with E-state index in [1.165, 1.54) is 12.1 Å². The molecule has 0 fully saturated rings. The first kappa shape index (κ1) is 37.7. The number of furan rings is 1. The van der Waals surface area contributed by atoms with Crippen molar-refractivity contribution in [2.75, 3.05) is 26.9 Å². The van der Waals surface area contributed by atoms with Gasteiger partial charge in [0.15, 0.2) is 0 Å². The summed E-state index contributed by atoms with van der Waals surface area (Å²) in [6.45, 7) is 10.0. The van der Waals surface area contributed by atoms with Crippen molar-refractivity contribution in [3.63, 3.8) is 0 Å². The highest BCUT2D eigenvalue weighted by Crippen LogP contribution is 2.32. The number of methoxy groups -OCH3 is 1. The zero-order chi connectivity index (χ0) is 34.2. The van der Waals surface area contributed by atoms with Gasteiger partial charge >= 0.3 is 0 Å². The van der Waals surface area contributed by atoms with E-state index in [1.807, 2.05) is 52.0 Å². The van der Waals surface area contributed by atoms with Gasteiger partial charge in [0.2, 0.25) is 11.8 Å². The van der Waals surface area contributed by atoms with Crippen LogP contribution in [-0.4, -0.2) is 50.8 Å². The largest absolute Gasteiger partial charge is 0.493 e. The summed E-state index contributed by atoms with van der Waals surface area (Å²) in [5.74, 6) is -0.331. The Balaban J connectivity index is 1.52. The van der Waals surface area contributed by atoms with Gasteiger partial charge in [-0.2, -0.15) is 0 Å². The van der Waals surface area contributed by atoms with Gasteiger partial charge in [-0.15, -0.1) is 0 Å². The van der Waals surface area contributed by atoms with Crippen molar-refractivity contribution in [3.8, 4) is 16.9 Å². The van der Waals surface area contributed by atoms with Crippen LogP contribution in [-0.2, 0) is 32.2 Å². The quantitative estimate of drug-likeness (QED) is 0.116. The van der Waals surface area contributed by atoms with Crippen molar-refractivity contribution in [1.29, 1.82) is 0 Å². The Labute approximate surface area is 278 Å². The predicted octanol–water partition coefficient (Wildman–Crippen LogP) is 6.24. The molecule has 4 atom stereocenters. The van der Waals surface area contributed by atoms with Crippen LogP contribution < -0.4 is 21.1 Å². The fourth-order valence-corrected chi connectivity index (χ4v) is 5.25. The number of ether oxygens (including phenoxy) is 3. The molecule has 3 aromatic rings. The molecule has 1 aromatic heterocycles. The van der Waals surface area contributed by atoms with Crippen LogP contribution in [0.5, 0.6) is 5.75 Å². The van der Waals surface area contributed by atoms with Crippen molar-refractivity contribution < 1.29 is 32.6 Å². The molecule has 0 radical (unpaired) electrons. The third kappa shape index (κ3) is 12.4. The van der Waals surface area contributed by atoms with Gasteiger partial charge in [-0.25, -0.2) is 4.39 Å². The van der Waals surface area contributed by atoms with E-state index < -0.39 is 6.04 Å². The standard InChI is InChI=1S/C37H52FN3O6/c1-6-26(4)35(37(43)40-21-27-8-11-30(38)12-9-27)41-36(42)32(25(2)3)15-13-31(39)24-46-22-28-10-14-33(29-16-19-45-23-29)34(20-28)47-18-7-17-44-5/h8-12,14,16,19-20,23,25-26,31-32,35H,6-7,13,15,17-18,21-22,24,39H2,1-5H3,(H,40,43)(H,41,42)/t26-,31?,32-,35?/m0/s1. The van der Waals surface area contributed by atoms with E-state index in [-0.39, 0.29) is 48.0 Å². The number of nitrogens with two attached hydrogens (primary N) is 1. The van der Waals surface area contributed by atoms with E-state index >= 15 is 0 Å². The molecule has 9 nitrogen and oxygen atoms in total. The van der Waals surface area contributed by atoms with Gasteiger partial charge in [0.25, 0.3) is 0 Å². The molecule has 0 saturated carbocycles. The summed E-state index contributed by atoms with van der Waals surface area (Å²) < 4.78 is 35.7. The maximum atomic E-state index is 13.5. The molecule has 0 aliphatic rings. The van der Waals surface area contributed by atoms with E-state index in [1.54, 1.807) is 31.8 Å². The van der Waals surface area contributed by atoms with Gasteiger partial charge in [0, 0.05) is 49.8 Å². The third-order valence-corrected chi connectivity index (χ3v) is 8.39. The van der Waals surface area contributed by atoms with Crippen LogP contribution in [0.4, 0.5) is 4.39 Å². The number of carbonyl (C=O) groups excluding carboxylic acids is 2. The molecule has 0 spiro atoms. The lowest BCUT2D eigenvalue weighted by atomic mass is 9.88. The molecule has 3 rings (SSSR count). The Morgan fingerprint density at radius 1 is 0.979 bits per heavy atom. The molecule has 1 heterocycles. The SMILES string of the molecule is CC[C@H](C)C(NC(=O)[C@@H](CCC(N)COCc1ccc(-c2ccoc2)c(OCCCOC)c1)C(C)C)C(=O)NCc1ccc(F)cc1. The first-order chi connectivity index (χ1) is 22.6. The molecule has 0 aliphatic carbocycles. The normalized spacial score (nSPS) is 14.0. The van der Waals surface area contributed by atoms with Crippen LogP contribution in [0.2, 0.25) is 0 Å². The highest BCUT2D eigenvalue weighted by atomic mass is 19.1. The van der Waals surface area contributed by atoms with Gasteiger partial charge in [-0.1, -0.05) is 58.4 Å². The van der Waals surface area contributed by atoms with E-state index in [9.17, 15) is 14.0 Å². The number of carbonyl (C=O) groups is 2. The second-order valence-electron chi connectivity index (χ2n) is 12.5. The van der Waals surface area contributed by atoms with Crippen molar-refractivity contribution in [2.45, 2.75) is 78.6 Å². The van der Waals surface area contributed by atoms with Crippen molar-refractivity contribution in [1.82, 2.24) is 10.6 Å². The Morgan fingerprint density at radius 2 is 1.72 bits per heavy atom. The Bertz CT molecular complexity index is 1350. The Morgan fingerprint density at radius 3 is 2.38 bits per heavy atom. The predicted molar refractivity (Wildman–Crippen MR) is 181 cm³/mol. The Hall–Kier alpha value is -3.73. The zero-order valence-corrected chi connectivity index (χ0v) is 28.4. The summed E-state index contributed by atoms with van der Waals surface area (Å²) >= 11 is 0. The number of benzene rings is 2. The lowest BCUT2D eigenvalue weighted by molar-refractivity contribution is -0.133. The molecule has 10 heteroatoms. The number of hydrogen-bond donors (Lipinski definition) is 3. The first-order valence-corrected chi connectivity index (χ1v) is 16.6. The van der Waals surface area contributed by atoms with Crippen LogP contribution in [0.15, 0.2) is 65.5 Å². The summed E-state index contributed by atoms with van der Waals surface area (Å²) in [6, 6.07) is 12.9. The molecular weight excluding hydrogens is 601 g/mol. The van der Waals surface area contributed by atoms with Crippen molar-refractivity contribution in [2.24, 2.45) is 23.5 Å². The van der Waals surface area contributed by atoms with Crippen molar-refractivity contribution in [3.05, 3.63) is 78.0 Å². The van der Waals surface area contributed by atoms with Gasteiger partial charge in [-0.3, -0.25) is 9.59 Å². The monoisotopic (exact) mass is 653 g/mol. The van der Waals surface area contributed by atoms with E-state index in [0.29, 0.717) is 39.3 Å². The van der Waals surface area contributed by atoms with Crippen LogP contribution >= 0.6 is 0 Å². The molecule has 2 amide bonds. The topological polar surface area (TPSA) is 125 Å². The van der Waals surface area contributed by atoms with Crippen LogP contribution in [0.1, 0.15) is 64.5 Å². The number of amides is 2. The van der Waals surface area contributed by atoms with Crippen LogP contribution in [0.25, 0.3) is 11.1 Å². The second-order valence-corrected chi connectivity index (χ2v) is 12.5.